The lowest BCUT2D eigenvalue weighted by molar-refractivity contribution is -0.147. The molecule has 98 valence electrons. The van der Waals surface area contributed by atoms with Gasteiger partial charge in [0.25, 0.3) is 0 Å². The van der Waals surface area contributed by atoms with Crippen molar-refractivity contribution in [2.24, 2.45) is 23.7 Å². The van der Waals surface area contributed by atoms with Crippen LogP contribution in [0.1, 0.15) is 39.5 Å². The van der Waals surface area contributed by atoms with Crippen LogP contribution in [0.5, 0.6) is 0 Å². The van der Waals surface area contributed by atoms with Gasteiger partial charge in [-0.25, -0.2) is 0 Å². The Hall–Kier alpha value is -0.570. The van der Waals surface area contributed by atoms with Crippen LogP contribution in [-0.4, -0.2) is 25.7 Å². The van der Waals surface area contributed by atoms with Crippen molar-refractivity contribution in [2.45, 2.75) is 39.5 Å². The van der Waals surface area contributed by atoms with Crippen LogP contribution in [-0.2, 0) is 9.53 Å². The first-order valence-electron chi connectivity index (χ1n) is 7.08. The maximum Gasteiger partial charge on any atom is 0.309 e. The highest BCUT2D eigenvalue weighted by atomic mass is 16.5. The smallest absolute Gasteiger partial charge is 0.309 e. The number of ether oxygens (including phenoxy) is 1. The molecule has 4 atom stereocenters. The van der Waals surface area contributed by atoms with Crippen molar-refractivity contribution in [1.82, 2.24) is 5.32 Å². The average molecular weight is 239 g/mol. The van der Waals surface area contributed by atoms with Crippen molar-refractivity contribution < 1.29 is 9.53 Å². The highest BCUT2D eigenvalue weighted by Gasteiger charge is 2.38. The van der Waals surface area contributed by atoms with Gasteiger partial charge in [-0.05, 0) is 50.5 Å². The summed E-state index contributed by atoms with van der Waals surface area (Å²) in [6.45, 7) is 6.12. The van der Waals surface area contributed by atoms with Crippen molar-refractivity contribution >= 4 is 5.97 Å². The Morgan fingerprint density at radius 3 is 2.82 bits per heavy atom. The number of carbonyl (C=O) groups excluding carboxylic acids is 1. The molecule has 2 bridgehead atoms. The maximum atomic E-state index is 11.4. The number of esters is 1. The fraction of sp³-hybridized carbons (Fsp3) is 0.929. The summed E-state index contributed by atoms with van der Waals surface area (Å²) in [5.74, 6) is 2.74. The minimum atomic E-state index is -0.0760. The summed E-state index contributed by atoms with van der Waals surface area (Å²) in [7, 11) is 0. The highest BCUT2D eigenvalue weighted by Crippen LogP contribution is 2.47. The maximum absolute atomic E-state index is 11.4. The molecular formula is C14H25NO2. The van der Waals surface area contributed by atoms with Crippen molar-refractivity contribution in [1.29, 1.82) is 0 Å². The summed E-state index contributed by atoms with van der Waals surface area (Å²) in [5.41, 5.74) is 0. The van der Waals surface area contributed by atoms with E-state index in [0.29, 0.717) is 6.61 Å². The van der Waals surface area contributed by atoms with Crippen molar-refractivity contribution in [3.8, 4) is 0 Å². The second-order valence-corrected chi connectivity index (χ2v) is 5.75. The van der Waals surface area contributed by atoms with Gasteiger partial charge in [-0.2, -0.15) is 0 Å². The van der Waals surface area contributed by atoms with E-state index in [9.17, 15) is 4.79 Å². The number of carbonyl (C=O) groups is 1. The van der Waals surface area contributed by atoms with Gasteiger partial charge >= 0.3 is 5.97 Å². The third kappa shape index (κ3) is 3.21. The molecule has 0 saturated heterocycles. The van der Waals surface area contributed by atoms with E-state index in [-0.39, 0.29) is 11.9 Å². The normalized spacial score (nSPS) is 32.7. The molecule has 2 aliphatic rings. The molecule has 3 heteroatoms. The fourth-order valence-electron chi connectivity index (χ4n) is 3.48. The average Bonchev–Trinajstić information content (AvgIpc) is 2.91. The van der Waals surface area contributed by atoms with Crippen LogP contribution in [0.25, 0.3) is 0 Å². The first-order chi connectivity index (χ1) is 8.20. The molecule has 2 rings (SSSR count). The van der Waals surface area contributed by atoms with E-state index in [0.717, 1.165) is 30.8 Å². The molecule has 4 unspecified atom stereocenters. The van der Waals surface area contributed by atoms with E-state index in [1.807, 2.05) is 13.8 Å². The van der Waals surface area contributed by atoms with Crippen LogP contribution in [0.2, 0.25) is 0 Å². The van der Waals surface area contributed by atoms with Gasteiger partial charge in [-0.3, -0.25) is 4.79 Å². The lowest BCUT2D eigenvalue weighted by Gasteiger charge is -2.22. The predicted octanol–water partition coefficient (Wildman–Crippen LogP) is 2.21. The van der Waals surface area contributed by atoms with E-state index in [4.69, 9.17) is 4.74 Å². The molecule has 2 saturated carbocycles. The molecule has 0 aliphatic heterocycles. The van der Waals surface area contributed by atoms with Gasteiger partial charge in [0.2, 0.25) is 0 Å². The third-order valence-electron chi connectivity index (χ3n) is 4.43. The highest BCUT2D eigenvalue weighted by molar-refractivity contribution is 5.72. The minimum absolute atomic E-state index is 0.0199. The van der Waals surface area contributed by atoms with Crippen LogP contribution in [0.15, 0.2) is 0 Å². The van der Waals surface area contributed by atoms with Gasteiger partial charge in [-0.15, -0.1) is 0 Å². The molecule has 2 aliphatic carbocycles. The Morgan fingerprint density at radius 2 is 2.24 bits per heavy atom. The SMILES string of the molecule is CCOC(=O)C(C)CNCC1CC2CCC1C2. The van der Waals surface area contributed by atoms with Crippen molar-refractivity contribution in [2.75, 3.05) is 19.7 Å². The number of hydrogen-bond donors (Lipinski definition) is 1. The Kier molecular flexibility index (Phi) is 4.43. The second-order valence-electron chi connectivity index (χ2n) is 5.75. The van der Waals surface area contributed by atoms with Crippen LogP contribution in [0, 0.1) is 23.7 Å². The molecule has 0 aromatic heterocycles. The Labute approximate surface area is 104 Å². The van der Waals surface area contributed by atoms with Gasteiger partial charge in [0, 0.05) is 6.54 Å². The van der Waals surface area contributed by atoms with Gasteiger partial charge in [0.05, 0.1) is 12.5 Å². The zero-order valence-electron chi connectivity index (χ0n) is 11.1. The molecule has 0 aromatic carbocycles. The number of rotatable bonds is 6. The topological polar surface area (TPSA) is 38.3 Å². The van der Waals surface area contributed by atoms with Gasteiger partial charge < -0.3 is 10.1 Å². The number of nitrogens with one attached hydrogen (secondary N) is 1. The van der Waals surface area contributed by atoms with Crippen LogP contribution in [0.3, 0.4) is 0 Å². The molecule has 0 radical (unpaired) electrons. The number of fused-ring (bicyclic) bond motifs is 2. The summed E-state index contributed by atoms with van der Waals surface area (Å²) in [5, 5.41) is 3.45. The molecule has 0 amide bonds. The molecule has 0 spiro atoms. The quantitative estimate of drug-likeness (QED) is 0.722. The molecule has 2 fully saturated rings. The lowest BCUT2D eigenvalue weighted by atomic mass is 9.89. The van der Waals surface area contributed by atoms with E-state index in [1.54, 1.807) is 0 Å². The second kappa shape index (κ2) is 5.85. The number of hydrogen-bond acceptors (Lipinski definition) is 3. The largest absolute Gasteiger partial charge is 0.466 e. The van der Waals surface area contributed by atoms with Gasteiger partial charge in [0.1, 0.15) is 0 Å². The monoisotopic (exact) mass is 239 g/mol. The van der Waals surface area contributed by atoms with E-state index in [1.165, 1.54) is 25.7 Å². The molecule has 17 heavy (non-hydrogen) atoms. The summed E-state index contributed by atoms with van der Waals surface area (Å²) >= 11 is 0. The standard InChI is InChI=1S/C14H25NO2/c1-3-17-14(16)10(2)8-15-9-13-7-11-4-5-12(13)6-11/h10-13,15H,3-9H2,1-2H3. The zero-order chi connectivity index (χ0) is 12.3. The molecule has 0 aromatic rings. The van der Waals surface area contributed by atoms with Gasteiger partial charge in [0.15, 0.2) is 0 Å². The van der Waals surface area contributed by atoms with Gasteiger partial charge in [-0.1, -0.05) is 13.3 Å². The van der Waals surface area contributed by atoms with Crippen LogP contribution < -0.4 is 5.32 Å². The molecule has 3 nitrogen and oxygen atoms in total. The molecule has 1 N–H and O–H groups in total. The summed E-state index contributed by atoms with van der Waals surface area (Å²) < 4.78 is 5.00. The summed E-state index contributed by atoms with van der Waals surface area (Å²) in [6.07, 6.45) is 5.76. The summed E-state index contributed by atoms with van der Waals surface area (Å²) in [4.78, 5) is 11.4. The minimum Gasteiger partial charge on any atom is -0.466 e. The molecule has 0 heterocycles. The first kappa shape index (κ1) is 12.9. The Balaban J connectivity index is 1.61. The third-order valence-corrected chi connectivity index (χ3v) is 4.43. The predicted molar refractivity (Wildman–Crippen MR) is 67.6 cm³/mol. The Bertz CT molecular complexity index is 267. The van der Waals surface area contributed by atoms with Crippen molar-refractivity contribution in [3.63, 3.8) is 0 Å². The first-order valence-corrected chi connectivity index (χ1v) is 7.08. The van der Waals surface area contributed by atoms with E-state index in [2.05, 4.69) is 5.32 Å². The van der Waals surface area contributed by atoms with Crippen LogP contribution >= 0.6 is 0 Å². The Morgan fingerprint density at radius 1 is 1.41 bits per heavy atom. The van der Waals surface area contributed by atoms with E-state index < -0.39 is 0 Å². The zero-order valence-corrected chi connectivity index (χ0v) is 11.1. The molecular weight excluding hydrogens is 214 g/mol. The van der Waals surface area contributed by atoms with Crippen LogP contribution in [0.4, 0.5) is 0 Å². The van der Waals surface area contributed by atoms with Crippen molar-refractivity contribution in [3.05, 3.63) is 0 Å². The lowest BCUT2D eigenvalue weighted by Crippen LogP contribution is -2.33. The fourth-order valence-corrected chi connectivity index (χ4v) is 3.48. The summed E-state index contributed by atoms with van der Waals surface area (Å²) in [6, 6.07) is 0. The van der Waals surface area contributed by atoms with E-state index >= 15 is 0 Å².